The third-order valence-corrected chi connectivity index (χ3v) is 15.9. The standard InChI is InChI=1S/C49H54N4/c1-28-8-9-35(26-50-27-36-24-42-43(25-39(28)36)48(4,5)49(6,7)47(42,2)3)46-52-44(33-18-20-37-29-10-14-31(15-11-29)40(37)22-33)51-45(53-46)34-19-21-38-30-12-16-32(17-13-30)41(38)23-34/h8-9,18-26,29-32H,10-17,27H2,1-7H3/b28-8+,35-9+,50-26+. The Labute approximate surface area is 316 Å². The maximum absolute atomic E-state index is 5.26. The van der Waals surface area contributed by atoms with Crippen LogP contribution in [0.3, 0.4) is 0 Å². The van der Waals surface area contributed by atoms with E-state index in [4.69, 9.17) is 19.9 Å². The molecule has 2 fully saturated rings. The summed E-state index contributed by atoms with van der Waals surface area (Å²) in [5, 5.41) is 0. The van der Waals surface area contributed by atoms with Crippen molar-refractivity contribution in [3.05, 3.63) is 111 Å². The topological polar surface area (TPSA) is 51.0 Å². The number of rotatable bonds is 3. The largest absolute Gasteiger partial charge is 0.288 e. The van der Waals surface area contributed by atoms with Crippen molar-refractivity contribution in [3.8, 4) is 22.8 Å². The lowest BCUT2D eigenvalue weighted by atomic mass is 9.59. The summed E-state index contributed by atoms with van der Waals surface area (Å²) in [6.45, 7) is 17.4. The van der Waals surface area contributed by atoms with E-state index in [1.165, 1.54) is 90.3 Å². The van der Waals surface area contributed by atoms with Crippen molar-refractivity contribution in [1.82, 2.24) is 15.0 Å². The highest BCUT2D eigenvalue weighted by Gasteiger charge is 2.57. The summed E-state index contributed by atoms with van der Waals surface area (Å²) in [6, 6.07) is 19.1. The quantitative estimate of drug-likeness (QED) is 0.214. The van der Waals surface area contributed by atoms with Crippen LogP contribution in [0, 0.1) is 5.41 Å². The van der Waals surface area contributed by atoms with Gasteiger partial charge in [-0.25, -0.2) is 15.0 Å². The summed E-state index contributed by atoms with van der Waals surface area (Å²) in [7, 11) is 0. The Morgan fingerprint density at radius 2 is 1.00 bits per heavy atom. The van der Waals surface area contributed by atoms with E-state index in [0.29, 0.717) is 36.0 Å². The molecule has 0 unspecified atom stereocenters. The van der Waals surface area contributed by atoms with Crippen LogP contribution in [0.4, 0.5) is 0 Å². The number of hydrogen-bond acceptors (Lipinski definition) is 4. The van der Waals surface area contributed by atoms with Gasteiger partial charge in [0, 0.05) is 22.9 Å². The van der Waals surface area contributed by atoms with E-state index in [9.17, 15) is 0 Å². The van der Waals surface area contributed by atoms with Crippen molar-refractivity contribution < 1.29 is 0 Å². The summed E-state index contributed by atoms with van der Waals surface area (Å²) in [5.41, 5.74) is 16.3. The zero-order valence-corrected chi connectivity index (χ0v) is 32.8. The molecular weight excluding hydrogens is 645 g/mol. The van der Waals surface area contributed by atoms with E-state index < -0.39 is 0 Å². The van der Waals surface area contributed by atoms with Crippen LogP contribution < -0.4 is 0 Å². The second kappa shape index (κ2) is 11.7. The number of fused-ring (bicyclic) bond motifs is 6. The Morgan fingerprint density at radius 1 is 0.528 bits per heavy atom. The van der Waals surface area contributed by atoms with Gasteiger partial charge in [-0.2, -0.15) is 0 Å². The highest BCUT2D eigenvalue weighted by Crippen LogP contribution is 2.62. The molecule has 8 aliphatic rings. The van der Waals surface area contributed by atoms with Gasteiger partial charge >= 0.3 is 0 Å². The molecule has 0 N–H and O–H groups in total. The van der Waals surface area contributed by atoms with Crippen LogP contribution in [0.1, 0.15) is 174 Å². The van der Waals surface area contributed by atoms with Crippen LogP contribution in [-0.4, -0.2) is 21.2 Å². The fourth-order valence-corrected chi connectivity index (χ4v) is 11.4. The molecule has 53 heavy (non-hydrogen) atoms. The SMILES string of the molecule is C\C1=C/C=C(c2nc(-c3ccc4c(c3)C3CCC4CC3)nc(-c3ccc4c(c3)C3CCC4CC3)n2)\C=N\Cc2cc3c(cc21)C(C)(C)C(C)(C)C3(C)C. The Balaban J connectivity index is 1.09. The van der Waals surface area contributed by atoms with Crippen LogP contribution in [0.5, 0.6) is 0 Å². The van der Waals surface area contributed by atoms with Crippen LogP contribution in [0.2, 0.25) is 0 Å². The number of aliphatic imine (C=N–C) groups is 1. The van der Waals surface area contributed by atoms with Crippen LogP contribution in [0.15, 0.2) is 65.7 Å². The minimum absolute atomic E-state index is 0.0496. The molecule has 7 aliphatic carbocycles. The number of aromatic nitrogens is 3. The third-order valence-electron chi connectivity index (χ3n) is 15.9. The summed E-state index contributed by atoms with van der Waals surface area (Å²) < 4.78 is 0. The average Bonchev–Trinajstić information content (AvgIpc) is 3.34. The molecular formula is C49H54N4. The zero-order valence-electron chi connectivity index (χ0n) is 32.8. The molecule has 4 bridgehead atoms. The van der Waals surface area contributed by atoms with Gasteiger partial charge in [0.05, 0.1) is 6.54 Å². The normalized spacial score (nSPS) is 29.3. The first kappa shape index (κ1) is 33.4. The van der Waals surface area contributed by atoms with Crippen LogP contribution in [0.25, 0.3) is 33.9 Å². The van der Waals surface area contributed by atoms with E-state index in [1.807, 2.05) is 6.21 Å². The molecule has 4 heteroatoms. The zero-order chi connectivity index (χ0) is 36.4. The van der Waals surface area contributed by atoms with Gasteiger partial charge in [0.2, 0.25) is 0 Å². The molecule has 0 saturated heterocycles. The van der Waals surface area contributed by atoms with Gasteiger partial charge in [0.15, 0.2) is 17.5 Å². The lowest BCUT2D eigenvalue weighted by molar-refractivity contribution is 0.125. The van der Waals surface area contributed by atoms with E-state index in [2.05, 4.69) is 109 Å². The van der Waals surface area contributed by atoms with Gasteiger partial charge in [-0.05, 0) is 166 Å². The average molecular weight is 699 g/mol. The van der Waals surface area contributed by atoms with E-state index in [1.54, 1.807) is 11.1 Å². The lowest BCUT2D eigenvalue weighted by Gasteiger charge is -2.44. The summed E-state index contributed by atoms with van der Waals surface area (Å²) in [5.74, 6) is 4.95. The minimum Gasteiger partial charge on any atom is -0.288 e. The highest BCUT2D eigenvalue weighted by molar-refractivity contribution is 6.09. The molecule has 0 amide bonds. The molecule has 4 aromatic rings. The molecule has 0 spiro atoms. The number of hydrogen-bond donors (Lipinski definition) is 0. The number of allylic oxidation sites excluding steroid dienone is 4. The smallest absolute Gasteiger partial charge is 0.165 e. The van der Waals surface area contributed by atoms with Crippen LogP contribution >= 0.6 is 0 Å². The van der Waals surface area contributed by atoms with Gasteiger partial charge in [-0.3, -0.25) is 4.99 Å². The van der Waals surface area contributed by atoms with Crippen molar-refractivity contribution in [1.29, 1.82) is 0 Å². The predicted molar refractivity (Wildman–Crippen MR) is 219 cm³/mol. The molecule has 0 radical (unpaired) electrons. The summed E-state index contributed by atoms with van der Waals surface area (Å²) in [4.78, 5) is 20.9. The molecule has 0 atom stereocenters. The maximum atomic E-state index is 5.26. The molecule has 12 rings (SSSR count). The summed E-state index contributed by atoms with van der Waals surface area (Å²) >= 11 is 0. The lowest BCUT2D eigenvalue weighted by Crippen LogP contribution is -2.42. The predicted octanol–water partition coefficient (Wildman–Crippen LogP) is 12.4. The molecule has 2 saturated carbocycles. The van der Waals surface area contributed by atoms with Gasteiger partial charge in [-0.15, -0.1) is 0 Å². The molecule has 2 heterocycles. The first-order chi connectivity index (χ1) is 25.4. The molecule has 270 valence electrons. The van der Waals surface area contributed by atoms with Crippen molar-refractivity contribution in [2.24, 2.45) is 10.4 Å². The highest BCUT2D eigenvalue weighted by atomic mass is 15.0. The Kier molecular flexibility index (Phi) is 7.35. The van der Waals surface area contributed by atoms with Gasteiger partial charge < -0.3 is 0 Å². The van der Waals surface area contributed by atoms with Crippen molar-refractivity contribution in [3.63, 3.8) is 0 Å². The van der Waals surface area contributed by atoms with Crippen LogP contribution in [-0.2, 0) is 17.4 Å². The molecule has 1 aliphatic heterocycles. The first-order valence-electron chi connectivity index (χ1n) is 20.5. The molecule has 3 aromatic carbocycles. The Bertz CT molecular complexity index is 2190. The Hall–Kier alpha value is -4.18. The summed E-state index contributed by atoms with van der Waals surface area (Å²) in [6.07, 6.45) is 17.0. The third kappa shape index (κ3) is 4.92. The Morgan fingerprint density at radius 3 is 1.53 bits per heavy atom. The van der Waals surface area contributed by atoms with Gasteiger partial charge in [0.25, 0.3) is 0 Å². The first-order valence-corrected chi connectivity index (χ1v) is 20.5. The van der Waals surface area contributed by atoms with E-state index >= 15 is 0 Å². The molecule has 4 nitrogen and oxygen atoms in total. The molecule has 1 aromatic heterocycles. The second-order valence-corrected chi connectivity index (χ2v) is 19.0. The van der Waals surface area contributed by atoms with E-state index in [0.717, 1.165) is 28.3 Å². The fourth-order valence-electron chi connectivity index (χ4n) is 11.4. The van der Waals surface area contributed by atoms with Crippen molar-refractivity contribution in [2.45, 2.75) is 141 Å². The van der Waals surface area contributed by atoms with E-state index in [-0.39, 0.29) is 16.2 Å². The minimum atomic E-state index is 0.0496. The van der Waals surface area contributed by atoms with Gasteiger partial charge in [0.1, 0.15) is 0 Å². The van der Waals surface area contributed by atoms with Crippen molar-refractivity contribution in [2.75, 3.05) is 0 Å². The van der Waals surface area contributed by atoms with Gasteiger partial charge in [-0.1, -0.05) is 84.0 Å². The number of benzene rings is 3. The monoisotopic (exact) mass is 698 g/mol. The maximum Gasteiger partial charge on any atom is 0.165 e. The second-order valence-electron chi connectivity index (χ2n) is 19.0. The fraction of sp³-hybridized carbons (Fsp3) is 0.469. The van der Waals surface area contributed by atoms with Crippen molar-refractivity contribution >= 4 is 17.4 Å². The number of nitrogens with zero attached hydrogens (tertiary/aromatic N) is 4.